The lowest BCUT2D eigenvalue weighted by Crippen LogP contribution is -2.48. The van der Waals surface area contributed by atoms with Gasteiger partial charge < -0.3 is 5.11 Å². The number of aliphatic hydroxyl groups is 1. The largest absolute Gasteiger partial charge is 0.385 e. The van der Waals surface area contributed by atoms with Crippen LogP contribution in [0.1, 0.15) is 24.0 Å². The zero-order valence-corrected chi connectivity index (χ0v) is 11.0. The van der Waals surface area contributed by atoms with Crippen LogP contribution in [0.15, 0.2) is 24.3 Å². The van der Waals surface area contributed by atoms with Crippen molar-refractivity contribution in [1.29, 1.82) is 0 Å². The van der Waals surface area contributed by atoms with Crippen molar-refractivity contribution in [2.75, 3.05) is 27.2 Å². The molecule has 1 aromatic carbocycles. The number of aryl methyl sites for hydroxylation is 1. The molecule has 0 aliphatic carbocycles. The minimum absolute atomic E-state index is 0.641. The summed E-state index contributed by atoms with van der Waals surface area (Å²) in [6.07, 6.45) is 1.60. The smallest absolute Gasteiger partial charge is 0.0924 e. The van der Waals surface area contributed by atoms with Crippen LogP contribution in [-0.4, -0.2) is 42.3 Å². The van der Waals surface area contributed by atoms with Crippen LogP contribution >= 0.6 is 0 Å². The van der Waals surface area contributed by atoms with Gasteiger partial charge in [-0.3, -0.25) is 0 Å². The lowest BCUT2D eigenvalue weighted by atomic mass is 9.82. The summed E-state index contributed by atoms with van der Waals surface area (Å²) in [6, 6.07) is 8.17. The topological polar surface area (TPSA) is 26.7 Å². The van der Waals surface area contributed by atoms with Gasteiger partial charge in [0, 0.05) is 27.2 Å². The molecule has 1 aliphatic heterocycles. The lowest BCUT2D eigenvalue weighted by molar-refractivity contribution is -0.0828. The normalized spacial score (nSPS) is 20.8. The van der Waals surface area contributed by atoms with E-state index in [9.17, 15) is 5.11 Å². The van der Waals surface area contributed by atoms with Crippen LogP contribution in [0.5, 0.6) is 0 Å². The second kappa shape index (κ2) is 4.77. The summed E-state index contributed by atoms with van der Waals surface area (Å²) in [5, 5.41) is 15.2. The summed E-state index contributed by atoms with van der Waals surface area (Å²) < 4.78 is 0. The van der Waals surface area contributed by atoms with Gasteiger partial charge in [0.1, 0.15) is 0 Å². The Kier molecular flexibility index (Phi) is 3.52. The third-order valence-corrected chi connectivity index (χ3v) is 3.78. The van der Waals surface area contributed by atoms with E-state index in [0.717, 1.165) is 31.5 Å². The Morgan fingerprint density at radius 1 is 1.18 bits per heavy atom. The van der Waals surface area contributed by atoms with Crippen molar-refractivity contribution >= 4 is 0 Å². The molecule has 2 rings (SSSR count). The van der Waals surface area contributed by atoms with Gasteiger partial charge in [0.25, 0.3) is 0 Å². The number of benzene rings is 1. The molecule has 0 amide bonds. The Hall–Kier alpha value is -0.900. The Morgan fingerprint density at radius 3 is 2.29 bits per heavy atom. The number of hydrogen-bond donors (Lipinski definition) is 1. The van der Waals surface area contributed by atoms with Gasteiger partial charge in [-0.1, -0.05) is 24.3 Å². The zero-order chi connectivity index (χ0) is 12.5. The zero-order valence-electron chi connectivity index (χ0n) is 11.0. The highest BCUT2D eigenvalue weighted by Gasteiger charge is 2.35. The molecule has 0 radical (unpaired) electrons. The third-order valence-electron chi connectivity index (χ3n) is 3.78. The highest BCUT2D eigenvalue weighted by Crippen LogP contribution is 2.34. The number of rotatable bonds is 2. The maximum atomic E-state index is 10.8. The molecule has 1 aromatic rings. The first-order chi connectivity index (χ1) is 8.03. The predicted molar refractivity (Wildman–Crippen MR) is 69.6 cm³/mol. The SMILES string of the molecule is Cc1ccccc1C1(O)CCN(N(C)C)CC1. The summed E-state index contributed by atoms with van der Waals surface area (Å²) >= 11 is 0. The second-order valence-corrected chi connectivity index (χ2v) is 5.15. The predicted octanol–water partition coefficient (Wildman–Crippen LogP) is 1.76. The molecule has 1 fully saturated rings. The van der Waals surface area contributed by atoms with E-state index in [1.165, 1.54) is 5.56 Å². The first-order valence-corrected chi connectivity index (χ1v) is 6.23. The van der Waals surface area contributed by atoms with Crippen molar-refractivity contribution in [2.45, 2.75) is 25.4 Å². The quantitative estimate of drug-likeness (QED) is 0.844. The fourth-order valence-corrected chi connectivity index (χ4v) is 2.63. The average molecular weight is 234 g/mol. The van der Waals surface area contributed by atoms with E-state index in [-0.39, 0.29) is 0 Å². The van der Waals surface area contributed by atoms with Crippen LogP contribution in [0, 0.1) is 6.92 Å². The summed E-state index contributed by atoms with van der Waals surface area (Å²) in [6.45, 7) is 3.90. The van der Waals surface area contributed by atoms with Crippen LogP contribution in [0.2, 0.25) is 0 Å². The Balaban J connectivity index is 2.15. The maximum Gasteiger partial charge on any atom is 0.0924 e. The molecule has 17 heavy (non-hydrogen) atoms. The Morgan fingerprint density at radius 2 is 1.76 bits per heavy atom. The second-order valence-electron chi connectivity index (χ2n) is 5.15. The van der Waals surface area contributed by atoms with Crippen molar-refractivity contribution in [3.63, 3.8) is 0 Å². The average Bonchev–Trinajstić information content (AvgIpc) is 2.30. The van der Waals surface area contributed by atoms with E-state index >= 15 is 0 Å². The Labute approximate surface area is 104 Å². The van der Waals surface area contributed by atoms with E-state index in [2.05, 4.69) is 43.2 Å². The highest BCUT2D eigenvalue weighted by molar-refractivity contribution is 5.31. The molecular weight excluding hydrogens is 212 g/mol. The minimum atomic E-state index is -0.641. The number of hydrazine groups is 1. The molecule has 1 heterocycles. The molecule has 3 heteroatoms. The molecule has 0 atom stereocenters. The highest BCUT2D eigenvalue weighted by atomic mass is 16.3. The fourth-order valence-electron chi connectivity index (χ4n) is 2.63. The minimum Gasteiger partial charge on any atom is -0.385 e. The molecule has 0 spiro atoms. The van der Waals surface area contributed by atoms with Gasteiger partial charge in [0.2, 0.25) is 0 Å². The summed E-state index contributed by atoms with van der Waals surface area (Å²) in [4.78, 5) is 0. The van der Waals surface area contributed by atoms with Gasteiger partial charge >= 0.3 is 0 Å². The van der Waals surface area contributed by atoms with E-state index in [1.54, 1.807) is 0 Å². The van der Waals surface area contributed by atoms with E-state index in [0.29, 0.717) is 0 Å². The van der Waals surface area contributed by atoms with Gasteiger partial charge in [-0.05, 0) is 30.9 Å². The summed E-state index contributed by atoms with van der Waals surface area (Å²) in [5.74, 6) is 0. The molecule has 0 unspecified atom stereocenters. The van der Waals surface area contributed by atoms with Crippen LogP contribution < -0.4 is 0 Å². The lowest BCUT2D eigenvalue weighted by Gasteiger charge is -2.41. The maximum absolute atomic E-state index is 10.8. The van der Waals surface area contributed by atoms with E-state index in [1.807, 2.05) is 12.1 Å². The van der Waals surface area contributed by atoms with Crippen molar-refractivity contribution in [3.05, 3.63) is 35.4 Å². The molecule has 94 valence electrons. The summed E-state index contributed by atoms with van der Waals surface area (Å²) in [7, 11) is 4.11. The molecule has 0 bridgehead atoms. The molecule has 0 aromatic heterocycles. The number of hydrogen-bond acceptors (Lipinski definition) is 3. The van der Waals surface area contributed by atoms with Crippen LogP contribution in [0.3, 0.4) is 0 Å². The molecule has 1 saturated heterocycles. The van der Waals surface area contributed by atoms with Gasteiger partial charge in [0.15, 0.2) is 0 Å². The van der Waals surface area contributed by atoms with Crippen molar-refractivity contribution < 1.29 is 5.11 Å². The van der Waals surface area contributed by atoms with Crippen molar-refractivity contribution in [2.24, 2.45) is 0 Å². The fraction of sp³-hybridized carbons (Fsp3) is 0.571. The van der Waals surface area contributed by atoms with Crippen molar-refractivity contribution in [3.8, 4) is 0 Å². The standard InChI is InChI=1S/C14H22N2O/c1-12-6-4-5-7-13(12)14(17)8-10-16(11-9-14)15(2)3/h4-7,17H,8-11H2,1-3H3. The summed E-state index contributed by atoms with van der Waals surface area (Å²) in [5.41, 5.74) is 1.64. The Bertz CT molecular complexity index is 382. The van der Waals surface area contributed by atoms with E-state index in [4.69, 9.17) is 0 Å². The number of piperidine rings is 1. The van der Waals surface area contributed by atoms with E-state index < -0.39 is 5.60 Å². The molecular formula is C14H22N2O. The van der Waals surface area contributed by atoms with Gasteiger partial charge in [-0.2, -0.15) is 0 Å². The van der Waals surface area contributed by atoms with Gasteiger partial charge in [0.05, 0.1) is 5.60 Å². The van der Waals surface area contributed by atoms with Gasteiger partial charge in [-0.15, -0.1) is 0 Å². The molecule has 1 N–H and O–H groups in total. The molecule has 3 nitrogen and oxygen atoms in total. The van der Waals surface area contributed by atoms with Crippen molar-refractivity contribution in [1.82, 2.24) is 10.0 Å². The monoisotopic (exact) mass is 234 g/mol. The van der Waals surface area contributed by atoms with Crippen LogP contribution in [0.4, 0.5) is 0 Å². The van der Waals surface area contributed by atoms with Crippen LogP contribution in [-0.2, 0) is 5.60 Å². The molecule has 1 aliphatic rings. The van der Waals surface area contributed by atoms with Gasteiger partial charge in [-0.25, -0.2) is 10.0 Å². The first kappa shape index (κ1) is 12.6. The third kappa shape index (κ3) is 2.51. The number of nitrogens with zero attached hydrogens (tertiary/aromatic N) is 2. The first-order valence-electron chi connectivity index (χ1n) is 6.23. The molecule has 0 saturated carbocycles. The van der Waals surface area contributed by atoms with Crippen LogP contribution in [0.25, 0.3) is 0 Å².